The van der Waals surface area contributed by atoms with E-state index in [0.29, 0.717) is 13.2 Å². The first-order chi connectivity index (χ1) is 10.3. The summed E-state index contributed by atoms with van der Waals surface area (Å²) in [6, 6.07) is 7.13. The van der Waals surface area contributed by atoms with Gasteiger partial charge in [0.25, 0.3) is 0 Å². The SMILES string of the molecule is CNC(c1cncc(F)c1)c1ccc2c(c1)OCCCO2. The molecule has 0 bridgehead atoms. The highest BCUT2D eigenvalue weighted by molar-refractivity contribution is 5.46. The fourth-order valence-corrected chi connectivity index (χ4v) is 2.47. The fourth-order valence-electron chi connectivity index (χ4n) is 2.47. The molecule has 1 aliphatic heterocycles. The summed E-state index contributed by atoms with van der Waals surface area (Å²) in [4.78, 5) is 3.91. The van der Waals surface area contributed by atoms with Crippen molar-refractivity contribution in [3.8, 4) is 11.5 Å². The second kappa shape index (κ2) is 6.10. The second-order valence-electron chi connectivity index (χ2n) is 4.91. The van der Waals surface area contributed by atoms with E-state index in [1.165, 1.54) is 12.3 Å². The maximum absolute atomic E-state index is 13.4. The number of ether oxygens (including phenoxy) is 2. The van der Waals surface area contributed by atoms with Gasteiger partial charge < -0.3 is 14.8 Å². The van der Waals surface area contributed by atoms with Crippen LogP contribution in [0.2, 0.25) is 0 Å². The van der Waals surface area contributed by atoms with Gasteiger partial charge in [0.2, 0.25) is 0 Å². The van der Waals surface area contributed by atoms with E-state index in [1.807, 2.05) is 25.2 Å². The molecule has 0 radical (unpaired) electrons. The molecule has 0 fully saturated rings. The molecule has 0 aliphatic carbocycles. The lowest BCUT2D eigenvalue weighted by Crippen LogP contribution is -2.18. The van der Waals surface area contributed by atoms with Gasteiger partial charge in [0.1, 0.15) is 5.82 Å². The molecule has 1 aromatic carbocycles. The minimum Gasteiger partial charge on any atom is -0.490 e. The van der Waals surface area contributed by atoms with Crippen molar-refractivity contribution in [3.05, 3.63) is 53.6 Å². The summed E-state index contributed by atoms with van der Waals surface area (Å²) >= 11 is 0. The van der Waals surface area contributed by atoms with E-state index in [2.05, 4.69) is 10.3 Å². The number of halogens is 1. The topological polar surface area (TPSA) is 43.4 Å². The molecule has 0 saturated heterocycles. The van der Waals surface area contributed by atoms with Gasteiger partial charge in [-0.05, 0) is 36.4 Å². The average molecular weight is 288 g/mol. The van der Waals surface area contributed by atoms with Crippen LogP contribution in [0.4, 0.5) is 4.39 Å². The monoisotopic (exact) mass is 288 g/mol. The highest BCUT2D eigenvalue weighted by atomic mass is 19.1. The van der Waals surface area contributed by atoms with Crippen LogP contribution >= 0.6 is 0 Å². The van der Waals surface area contributed by atoms with Gasteiger partial charge in [-0.3, -0.25) is 4.98 Å². The first-order valence-corrected chi connectivity index (χ1v) is 6.95. The Labute approximate surface area is 122 Å². The zero-order valence-corrected chi connectivity index (χ0v) is 11.8. The number of benzene rings is 1. The number of fused-ring (bicyclic) bond motifs is 1. The van der Waals surface area contributed by atoms with Crippen LogP contribution in [0.25, 0.3) is 0 Å². The summed E-state index contributed by atoms with van der Waals surface area (Å²) in [6.45, 7) is 1.30. The van der Waals surface area contributed by atoms with Crippen molar-refractivity contribution in [2.24, 2.45) is 0 Å². The van der Waals surface area contributed by atoms with Crippen LogP contribution in [0.5, 0.6) is 11.5 Å². The maximum Gasteiger partial charge on any atom is 0.161 e. The standard InChI is InChI=1S/C16H17FN2O2/c1-18-16(12-7-13(17)10-19-9-12)11-3-4-14-15(8-11)21-6-2-5-20-14/h3-4,7-10,16,18H,2,5-6H2,1H3. The minimum absolute atomic E-state index is 0.148. The number of pyridine rings is 1. The van der Waals surface area contributed by atoms with Crippen molar-refractivity contribution in [1.82, 2.24) is 10.3 Å². The van der Waals surface area contributed by atoms with Crippen LogP contribution in [0.15, 0.2) is 36.7 Å². The Morgan fingerprint density at radius 1 is 1.10 bits per heavy atom. The zero-order valence-electron chi connectivity index (χ0n) is 11.8. The van der Waals surface area contributed by atoms with Crippen molar-refractivity contribution in [1.29, 1.82) is 0 Å². The lowest BCUT2D eigenvalue weighted by Gasteiger charge is -2.18. The molecule has 2 heterocycles. The first kappa shape index (κ1) is 13.8. The highest BCUT2D eigenvalue weighted by Gasteiger charge is 2.17. The molecule has 5 heteroatoms. The molecule has 1 aliphatic rings. The Bertz CT molecular complexity index is 633. The molecule has 1 atom stereocenters. The second-order valence-corrected chi connectivity index (χ2v) is 4.91. The van der Waals surface area contributed by atoms with E-state index < -0.39 is 0 Å². The molecular formula is C16H17FN2O2. The summed E-state index contributed by atoms with van der Waals surface area (Å²) in [5.74, 6) is 1.14. The molecular weight excluding hydrogens is 271 g/mol. The third-order valence-electron chi connectivity index (χ3n) is 3.45. The van der Waals surface area contributed by atoms with Gasteiger partial charge in [0.15, 0.2) is 11.5 Å². The Balaban J connectivity index is 1.96. The van der Waals surface area contributed by atoms with Crippen molar-refractivity contribution >= 4 is 0 Å². The Morgan fingerprint density at radius 2 is 1.90 bits per heavy atom. The quantitative estimate of drug-likeness (QED) is 0.943. The van der Waals surface area contributed by atoms with Gasteiger partial charge in [0, 0.05) is 12.6 Å². The van der Waals surface area contributed by atoms with Crippen LogP contribution in [0.3, 0.4) is 0 Å². The number of hydrogen-bond acceptors (Lipinski definition) is 4. The van der Waals surface area contributed by atoms with E-state index in [1.54, 1.807) is 6.20 Å². The van der Waals surface area contributed by atoms with Crippen LogP contribution < -0.4 is 14.8 Å². The lowest BCUT2D eigenvalue weighted by atomic mass is 10.00. The van der Waals surface area contributed by atoms with Crippen molar-refractivity contribution in [2.75, 3.05) is 20.3 Å². The summed E-state index contributed by atoms with van der Waals surface area (Å²) in [5, 5.41) is 3.18. The molecule has 4 nitrogen and oxygen atoms in total. The van der Waals surface area contributed by atoms with Gasteiger partial charge in [0.05, 0.1) is 25.5 Å². The van der Waals surface area contributed by atoms with Crippen LogP contribution in [-0.2, 0) is 0 Å². The fraction of sp³-hybridized carbons (Fsp3) is 0.312. The van der Waals surface area contributed by atoms with E-state index in [-0.39, 0.29) is 11.9 Å². The number of rotatable bonds is 3. The number of nitrogens with one attached hydrogen (secondary N) is 1. The number of nitrogens with zero attached hydrogens (tertiary/aromatic N) is 1. The maximum atomic E-state index is 13.4. The molecule has 110 valence electrons. The molecule has 1 unspecified atom stereocenters. The van der Waals surface area contributed by atoms with Gasteiger partial charge in [-0.1, -0.05) is 6.07 Å². The summed E-state index contributed by atoms with van der Waals surface area (Å²) in [6.07, 6.45) is 3.73. The third-order valence-corrected chi connectivity index (χ3v) is 3.45. The van der Waals surface area contributed by atoms with Gasteiger partial charge in [-0.25, -0.2) is 4.39 Å². The number of hydrogen-bond donors (Lipinski definition) is 1. The molecule has 0 saturated carbocycles. The van der Waals surface area contributed by atoms with Crippen molar-refractivity contribution < 1.29 is 13.9 Å². The summed E-state index contributed by atoms with van der Waals surface area (Å²) < 4.78 is 24.7. The Kier molecular flexibility index (Phi) is 4.01. The average Bonchev–Trinajstić information content (AvgIpc) is 2.73. The van der Waals surface area contributed by atoms with Crippen LogP contribution in [-0.4, -0.2) is 25.2 Å². The molecule has 3 rings (SSSR count). The molecule has 21 heavy (non-hydrogen) atoms. The smallest absolute Gasteiger partial charge is 0.161 e. The van der Waals surface area contributed by atoms with E-state index in [0.717, 1.165) is 29.0 Å². The van der Waals surface area contributed by atoms with E-state index >= 15 is 0 Å². The first-order valence-electron chi connectivity index (χ1n) is 6.95. The largest absolute Gasteiger partial charge is 0.490 e. The Morgan fingerprint density at radius 3 is 2.67 bits per heavy atom. The third kappa shape index (κ3) is 2.97. The van der Waals surface area contributed by atoms with Crippen LogP contribution in [0.1, 0.15) is 23.6 Å². The highest BCUT2D eigenvalue weighted by Crippen LogP contribution is 2.33. The van der Waals surface area contributed by atoms with Crippen molar-refractivity contribution in [3.63, 3.8) is 0 Å². The predicted octanol–water partition coefficient (Wildman–Crippen LogP) is 2.69. The van der Waals surface area contributed by atoms with Gasteiger partial charge in [-0.2, -0.15) is 0 Å². The molecule has 0 spiro atoms. The van der Waals surface area contributed by atoms with E-state index in [9.17, 15) is 4.39 Å². The molecule has 2 aromatic rings. The summed E-state index contributed by atoms with van der Waals surface area (Å²) in [5.41, 5.74) is 1.75. The summed E-state index contributed by atoms with van der Waals surface area (Å²) in [7, 11) is 1.83. The van der Waals surface area contributed by atoms with Crippen molar-refractivity contribution in [2.45, 2.75) is 12.5 Å². The normalized spacial score (nSPS) is 15.3. The van der Waals surface area contributed by atoms with Gasteiger partial charge in [-0.15, -0.1) is 0 Å². The molecule has 0 amide bonds. The van der Waals surface area contributed by atoms with E-state index in [4.69, 9.17) is 9.47 Å². The molecule has 1 aromatic heterocycles. The lowest BCUT2D eigenvalue weighted by molar-refractivity contribution is 0.297. The molecule has 1 N–H and O–H groups in total. The Hall–Kier alpha value is -2.14. The minimum atomic E-state index is -0.345. The van der Waals surface area contributed by atoms with Crippen LogP contribution in [0, 0.1) is 5.82 Å². The number of aromatic nitrogens is 1. The zero-order chi connectivity index (χ0) is 14.7. The van der Waals surface area contributed by atoms with Gasteiger partial charge >= 0.3 is 0 Å². The predicted molar refractivity (Wildman–Crippen MR) is 77.1 cm³/mol.